The first-order valence-corrected chi connectivity index (χ1v) is 9.93. The molecule has 0 spiro atoms. The van der Waals surface area contributed by atoms with E-state index < -0.39 is 0 Å². The summed E-state index contributed by atoms with van der Waals surface area (Å²) in [7, 11) is 0. The molecule has 27 heavy (non-hydrogen) atoms. The molecule has 0 saturated heterocycles. The summed E-state index contributed by atoms with van der Waals surface area (Å²) in [5, 5.41) is 0. The molecule has 0 aliphatic rings. The molecule has 3 aromatic rings. The Morgan fingerprint density at radius 1 is 0.815 bits per heavy atom. The third-order valence-corrected chi connectivity index (χ3v) is 4.74. The summed E-state index contributed by atoms with van der Waals surface area (Å²) >= 11 is 3.43. The Kier molecular flexibility index (Phi) is 8.73. The van der Waals surface area contributed by atoms with E-state index in [0.29, 0.717) is 0 Å². The highest BCUT2D eigenvalue weighted by Crippen LogP contribution is 2.14. The molecule has 0 aliphatic heterocycles. The van der Waals surface area contributed by atoms with E-state index in [1.807, 2.05) is 55.5 Å². The second kappa shape index (κ2) is 11.3. The maximum Gasteiger partial charge on any atom is 0.0643 e. The van der Waals surface area contributed by atoms with E-state index in [0.717, 1.165) is 23.1 Å². The molecular formula is C25H26BrN. The Balaban J connectivity index is 0.000000223. The lowest BCUT2D eigenvalue weighted by molar-refractivity contribution is 1.06. The average Bonchev–Trinajstić information content (AvgIpc) is 2.74. The second-order valence-electron chi connectivity index (χ2n) is 6.22. The number of allylic oxidation sites excluding steroid dienone is 1. The van der Waals surface area contributed by atoms with Crippen LogP contribution in [-0.2, 0) is 6.54 Å². The van der Waals surface area contributed by atoms with Crippen molar-refractivity contribution >= 4 is 27.2 Å². The molecule has 138 valence electrons. The monoisotopic (exact) mass is 419 g/mol. The Morgan fingerprint density at radius 3 is 1.85 bits per heavy atom. The van der Waals surface area contributed by atoms with Gasteiger partial charge in [0.05, 0.1) is 6.54 Å². The van der Waals surface area contributed by atoms with E-state index in [1.54, 1.807) is 0 Å². The molecule has 0 aliphatic carbocycles. The smallest absolute Gasteiger partial charge is 0.0643 e. The molecule has 0 amide bonds. The van der Waals surface area contributed by atoms with Gasteiger partial charge in [0.2, 0.25) is 0 Å². The number of hydrogen-bond acceptors (Lipinski definition) is 1. The lowest BCUT2D eigenvalue weighted by atomic mass is 10.1. The van der Waals surface area contributed by atoms with Crippen molar-refractivity contribution in [2.45, 2.75) is 26.8 Å². The summed E-state index contributed by atoms with van der Waals surface area (Å²) in [4.78, 5) is 4.60. The molecule has 0 heterocycles. The van der Waals surface area contributed by atoms with Crippen molar-refractivity contribution in [2.24, 2.45) is 4.99 Å². The van der Waals surface area contributed by atoms with Gasteiger partial charge in [-0.05, 0) is 47.7 Å². The molecule has 0 unspecified atom stereocenters. The lowest BCUT2D eigenvalue weighted by Gasteiger charge is -2.01. The van der Waals surface area contributed by atoms with Crippen molar-refractivity contribution in [1.29, 1.82) is 0 Å². The van der Waals surface area contributed by atoms with Gasteiger partial charge in [-0.2, -0.15) is 0 Å². The third kappa shape index (κ3) is 7.36. The molecule has 3 rings (SSSR count). The zero-order chi connectivity index (χ0) is 19.5. The minimum Gasteiger partial charge on any atom is -0.285 e. The Morgan fingerprint density at radius 2 is 1.33 bits per heavy atom. The molecule has 0 atom stereocenters. The molecule has 0 N–H and O–H groups in total. The van der Waals surface area contributed by atoms with Crippen LogP contribution in [0.5, 0.6) is 0 Å². The van der Waals surface area contributed by atoms with Crippen molar-refractivity contribution in [2.75, 3.05) is 0 Å². The van der Waals surface area contributed by atoms with Crippen LogP contribution in [0, 0.1) is 0 Å². The highest BCUT2D eigenvalue weighted by atomic mass is 79.9. The number of rotatable bonds is 5. The van der Waals surface area contributed by atoms with Crippen LogP contribution >= 0.6 is 15.9 Å². The number of benzene rings is 3. The minimum absolute atomic E-state index is 0.730. The Labute approximate surface area is 171 Å². The summed E-state index contributed by atoms with van der Waals surface area (Å²) in [6, 6.07) is 28.8. The molecular weight excluding hydrogens is 394 g/mol. The van der Waals surface area contributed by atoms with Gasteiger partial charge in [0.1, 0.15) is 0 Å². The summed E-state index contributed by atoms with van der Waals surface area (Å²) < 4.78 is 1.10. The van der Waals surface area contributed by atoms with Crippen molar-refractivity contribution in [3.8, 4) is 0 Å². The molecule has 0 fully saturated rings. The normalized spacial score (nSPS) is 10.7. The van der Waals surface area contributed by atoms with Gasteiger partial charge in [0, 0.05) is 10.2 Å². The summed E-state index contributed by atoms with van der Waals surface area (Å²) in [5.41, 5.74) is 5.95. The summed E-state index contributed by atoms with van der Waals surface area (Å²) in [5.74, 6) is 0. The fourth-order valence-corrected chi connectivity index (χ4v) is 2.71. The highest BCUT2D eigenvalue weighted by Gasteiger charge is 1.96. The van der Waals surface area contributed by atoms with Gasteiger partial charge in [-0.3, -0.25) is 4.99 Å². The topological polar surface area (TPSA) is 12.4 Å². The van der Waals surface area contributed by atoms with E-state index in [9.17, 15) is 0 Å². The quantitative estimate of drug-likeness (QED) is 0.378. The average molecular weight is 420 g/mol. The predicted octanol–water partition coefficient (Wildman–Crippen LogP) is 7.57. The molecule has 0 aromatic heterocycles. The minimum atomic E-state index is 0.730. The molecule has 3 aromatic carbocycles. The van der Waals surface area contributed by atoms with Crippen LogP contribution in [0.1, 0.15) is 37.0 Å². The van der Waals surface area contributed by atoms with Crippen LogP contribution in [0.2, 0.25) is 0 Å². The second-order valence-corrected chi connectivity index (χ2v) is 7.13. The maximum absolute atomic E-state index is 4.60. The standard InChI is InChI=1S/C15H14BrN.C10H12/c1-12(14-5-3-2-4-6-14)17-11-13-7-9-15(16)10-8-13;1-3-9(2)10-7-5-4-6-8-10/h2-10H,11H2,1H3;4-8H,2-3H2,1H3. The number of hydrogen-bond donors (Lipinski definition) is 0. The maximum atomic E-state index is 4.60. The fourth-order valence-electron chi connectivity index (χ4n) is 2.45. The Hall–Kier alpha value is -2.45. The molecule has 0 bridgehead atoms. The fraction of sp³-hybridized carbons (Fsp3) is 0.160. The summed E-state index contributed by atoms with van der Waals surface area (Å²) in [6.07, 6.45) is 1.03. The predicted molar refractivity (Wildman–Crippen MR) is 122 cm³/mol. The van der Waals surface area contributed by atoms with E-state index in [-0.39, 0.29) is 0 Å². The van der Waals surface area contributed by atoms with Crippen molar-refractivity contribution in [3.05, 3.63) is 113 Å². The first kappa shape index (κ1) is 20.9. The van der Waals surface area contributed by atoms with E-state index >= 15 is 0 Å². The molecule has 1 nitrogen and oxygen atoms in total. The van der Waals surface area contributed by atoms with Gasteiger partial charge in [-0.25, -0.2) is 0 Å². The van der Waals surface area contributed by atoms with Gasteiger partial charge >= 0.3 is 0 Å². The van der Waals surface area contributed by atoms with Gasteiger partial charge in [0.25, 0.3) is 0 Å². The van der Waals surface area contributed by atoms with Crippen LogP contribution in [0.25, 0.3) is 5.57 Å². The van der Waals surface area contributed by atoms with Crippen LogP contribution in [0.15, 0.2) is 101 Å². The lowest BCUT2D eigenvalue weighted by Crippen LogP contribution is -1.95. The molecule has 0 saturated carbocycles. The van der Waals surface area contributed by atoms with Crippen molar-refractivity contribution < 1.29 is 0 Å². The van der Waals surface area contributed by atoms with Gasteiger partial charge in [0.15, 0.2) is 0 Å². The highest BCUT2D eigenvalue weighted by molar-refractivity contribution is 9.10. The summed E-state index contributed by atoms with van der Waals surface area (Å²) in [6.45, 7) is 8.84. The molecule has 2 heteroatoms. The van der Waals surface area contributed by atoms with Gasteiger partial charge < -0.3 is 0 Å². The van der Waals surface area contributed by atoms with E-state index in [1.165, 1.54) is 22.3 Å². The molecule has 0 radical (unpaired) electrons. The van der Waals surface area contributed by atoms with Crippen LogP contribution in [0.3, 0.4) is 0 Å². The van der Waals surface area contributed by atoms with Gasteiger partial charge in [-0.1, -0.05) is 102 Å². The Bertz CT molecular complexity index is 850. The third-order valence-electron chi connectivity index (χ3n) is 4.21. The van der Waals surface area contributed by atoms with Crippen molar-refractivity contribution in [3.63, 3.8) is 0 Å². The van der Waals surface area contributed by atoms with Crippen LogP contribution in [0.4, 0.5) is 0 Å². The zero-order valence-corrected chi connectivity index (χ0v) is 17.6. The number of halogens is 1. The van der Waals surface area contributed by atoms with Gasteiger partial charge in [-0.15, -0.1) is 0 Å². The van der Waals surface area contributed by atoms with Crippen LogP contribution in [-0.4, -0.2) is 5.71 Å². The van der Waals surface area contributed by atoms with Crippen molar-refractivity contribution in [1.82, 2.24) is 0 Å². The van der Waals surface area contributed by atoms with Crippen LogP contribution < -0.4 is 0 Å². The SMILES string of the molecule is C=C(CC)c1ccccc1.CC(=NCc1ccc(Br)cc1)c1ccccc1. The number of aliphatic imine (C=N–C) groups is 1. The zero-order valence-electron chi connectivity index (χ0n) is 16.0. The first-order valence-electron chi connectivity index (χ1n) is 9.14. The first-order chi connectivity index (χ1) is 13.1. The number of nitrogens with zero attached hydrogens (tertiary/aromatic N) is 1. The van der Waals surface area contributed by atoms with E-state index in [2.05, 4.69) is 70.8 Å². The largest absolute Gasteiger partial charge is 0.285 e. The van der Waals surface area contributed by atoms with E-state index in [4.69, 9.17) is 0 Å².